The zero-order valence-corrected chi connectivity index (χ0v) is 17.5. The van der Waals surface area contributed by atoms with Crippen LogP contribution in [0.2, 0.25) is 0 Å². The number of nitrogens with one attached hydrogen (secondary N) is 1. The second-order valence-corrected chi connectivity index (χ2v) is 8.96. The van der Waals surface area contributed by atoms with E-state index in [1.807, 2.05) is 39.0 Å². The van der Waals surface area contributed by atoms with Gasteiger partial charge in [0.25, 0.3) is 0 Å². The number of carbonyl (C=O) groups is 1. The summed E-state index contributed by atoms with van der Waals surface area (Å²) in [5.41, 5.74) is 2.90. The van der Waals surface area contributed by atoms with Crippen LogP contribution in [0.15, 0.2) is 42.5 Å². The van der Waals surface area contributed by atoms with Crippen molar-refractivity contribution >= 4 is 21.8 Å². The predicted molar refractivity (Wildman–Crippen MR) is 109 cm³/mol. The van der Waals surface area contributed by atoms with Crippen LogP contribution < -0.4 is 9.62 Å². The zero-order valence-electron chi connectivity index (χ0n) is 16.7. The Morgan fingerprint density at radius 1 is 1.14 bits per heavy atom. The standard InChI is InChI=1S/C20H26FN3O3S/c1-14-10-11-17(15(2)12-14)16(3)22-20(25)13-24(28(26,27)23(4)5)19-9-7-6-8-18(19)21/h6-12,16H,13H2,1-5H3,(H,22,25). The summed E-state index contributed by atoms with van der Waals surface area (Å²) in [6.45, 7) is 5.23. The Morgan fingerprint density at radius 3 is 2.36 bits per heavy atom. The molecule has 28 heavy (non-hydrogen) atoms. The molecular weight excluding hydrogens is 381 g/mol. The van der Waals surface area contributed by atoms with E-state index in [1.165, 1.54) is 32.3 Å². The molecule has 1 amide bonds. The third-order valence-electron chi connectivity index (χ3n) is 4.42. The molecule has 0 aliphatic carbocycles. The van der Waals surface area contributed by atoms with E-state index in [4.69, 9.17) is 0 Å². The molecule has 0 bridgehead atoms. The lowest BCUT2D eigenvalue weighted by Crippen LogP contribution is -2.46. The highest BCUT2D eigenvalue weighted by atomic mass is 32.2. The number of hydrogen-bond acceptors (Lipinski definition) is 3. The lowest BCUT2D eigenvalue weighted by molar-refractivity contribution is -0.120. The van der Waals surface area contributed by atoms with E-state index in [1.54, 1.807) is 0 Å². The summed E-state index contributed by atoms with van der Waals surface area (Å²) in [7, 11) is -1.39. The number of carbonyl (C=O) groups excluding carboxylic acids is 1. The molecule has 0 saturated carbocycles. The van der Waals surface area contributed by atoms with Crippen molar-refractivity contribution in [2.45, 2.75) is 26.8 Å². The van der Waals surface area contributed by atoms with E-state index in [0.29, 0.717) is 0 Å². The van der Waals surface area contributed by atoms with Crippen LogP contribution >= 0.6 is 0 Å². The minimum absolute atomic E-state index is 0.175. The summed E-state index contributed by atoms with van der Waals surface area (Å²) >= 11 is 0. The van der Waals surface area contributed by atoms with Gasteiger partial charge in [0.15, 0.2) is 0 Å². The summed E-state index contributed by atoms with van der Waals surface area (Å²) in [6, 6.07) is 11.0. The minimum atomic E-state index is -4.06. The van der Waals surface area contributed by atoms with Crippen LogP contribution in [0.25, 0.3) is 0 Å². The molecule has 0 saturated heterocycles. The lowest BCUT2D eigenvalue weighted by Gasteiger charge is -2.28. The van der Waals surface area contributed by atoms with E-state index in [2.05, 4.69) is 5.32 Å². The number of para-hydroxylation sites is 1. The fourth-order valence-corrected chi connectivity index (χ4v) is 4.02. The van der Waals surface area contributed by atoms with Crippen molar-refractivity contribution in [3.8, 4) is 0 Å². The summed E-state index contributed by atoms with van der Waals surface area (Å²) < 4.78 is 41.3. The Labute approximate surface area is 166 Å². The van der Waals surface area contributed by atoms with Crippen LogP contribution in [0.5, 0.6) is 0 Å². The normalized spacial score (nSPS) is 12.7. The zero-order chi connectivity index (χ0) is 21.1. The second kappa shape index (κ2) is 8.70. The van der Waals surface area contributed by atoms with Gasteiger partial charge in [-0.1, -0.05) is 35.9 Å². The fourth-order valence-electron chi connectivity index (χ4n) is 2.95. The van der Waals surface area contributed by atoms with Gasteiger partial charge in [-0.2, -0.15) is 12.7 Å². The molecule has 2 rings (SSSR count). The Morgan fingerprint density at radius 2 is 1.79 bits per heavy atom. The summed E-state index contributed by atoms with van der Waals surface area (Å²) in [4.78, 5) is 12.6. The van der Waals surface area contributed by atoms with Gasteiger partial charge >= 0.3 is 10.2 Å². The van der Waals surface area contributed by atoms with Gasteiger partial charge in [0.1, 0.15) is 12.4 Å². The number of halogens is 1. The van der Waals surface area contributed by atoms with E-state index < -0.39 is 28.5 Å². The molecule has 0 aliphatic heterocycles. The molecule has 6 nitrogen and oxygen atoms in total. The third-order valence-corrected chi connectivity index (χ3v) is 6.22. The van der Waals surface area contributed by atoms with Gasteiger partial charge in [-0.05, 0) is 44.0 Å². The maximum Gasteiger partial charge on any atom is 0.304 e. The first-order valence-electron chi connectivity index (χ1n) is 8.85. The van der Waals surface area contributed by atoms with Crippen molar-refractivity contribution in [1.29, 1.82) is 0 Å². The lowest BCUT2D eigenvalue weighted by atomic mass is 10.0. The maximum atomic E-state index is 14.2. The summed E-state index contributed by atoms with van der Waals surface area (Å²) in [5, 5.41) is 2.80. The number of benzene rings is 2. The van der Waals surface area contributed by atoms with Gasteiger partial charge in [0.05, 0.1) is 11.7 Å². The van der Waals surface area contributed by atoms with Crippen LogP contribution in [-0.2, 0) is 15.0 Å². The number of aryl methyl sites for hydroxylation is 2. The van der Waals surface area contributed by atoms with Crippen molar-refractivity contribution in [2.24, 2.45) is 0 Å². The Bertz CT molecular complexity index is 961. The van der Waals surface area contributed by atoms with E-state index in [-0.39, 0.29) is 11.7 Å². The van der Waals surface area contributed by atoms with Gasteiger partial charge in [-0.15, -0.1) is 0 Å². The SMILES string of the molecule is Cc1ccc(C(C)NC(=O)CN(c2ccccc2F)S(=O)(=O)N(C)C)c(C)c1. The highest BCUT2D eigenvalue weighted by Crippen LogP contribution is 2.23. The van der Waals surface area contributed by atoms with Crippen LogP contribution in [0.1, 0.15) is 29.7 Å². The van der Waals surface area contributed by atoms with Gasteiger partial charge in [0.2, 0.25) is 5.91 Å². The first-order valence-corrected chi connectivity index (χ1v) is 10.2. The van der Waals surface area contributed by atoms with Crippen molar-refractivity contribution in [2.75, 3.05) is 24.9 Å². The molecule has 0 fully saturated rings. The number of hydrogen-bond donors (Lipinski definition) is 1. The van der Waals surface area contributed by atoms with Crippen LogP contribution in [0.3, 0.4) is 0 Å². The summed E-state index contributed by atoms with van der Waals surface area (Å²) in [6.07, 6.45) is 0. The molecule has 0 aliphatic rings. The highest BCUT2D eigenvalue weighted by Gasteiger charge is 2.29. The Hall–Kier alpha value is -2.45. The molecule has 0 aromatic heterocycles. The molecule has 0 radical (unpaired) electrons. The Kier molecular flexibility index (Phi) is 6.79. The predicted octanol–water partition coefficient (Wildman–Crippen LogP) is 2.93. The van der Waals surface area contributed by atoms with Crippen LogP contribution in [0.4, 0.5) is 10.1 Å². The smallest absolute Gasteiger partial charge is 0.304 e. The van der Waals surface area contributed by atoms with Crippen molar-refractivity contribution in [1.82, 2.24) is 9.62 Å². The van der Waals surface area contributed by atoms with E-state index in [9.17, 15) is 17.6 Å². The number of rotatable bonds is 7. The topological polar surface area (TPSA) is 69.7 Å². The molecule has 2 aromatic rings. The molecule has 1 atom stereocenters. The number of nitrogens with zero attached hydrogens (tertiary/aromatic N) is 2. The van der Waals surface area contributed by atoms with Gasteiger partial charge in [-0.3, -0.25) is 4.79 Å². The fraction of sp³-hybridized carbons (Fsp3) is 0.350. The molecule has 0 heterocycles. The average Bonchev–Trinajstić information content (AvgIpc) is 2.60. The quantitative estimate of drug-likeness (QED) is 0.767. The average molecular weight is 408 g/mol. The minimum Gasteiger partial charge on any atom is -0.348 e. The maximum absolute atomic E-state index is 14.2. The van der Waals surface area contributed by atoms with Crippen molar-refractivity contribution in [3.63, 3.8) is 0 Å². The van der Waals surface area contributed by atoms with Gasteiger partial charge in [0, 0.05) is 14.1 Å². The monoisotopic (exact) mass is 407 g/mol. The first-order chi connectivity index (χ1) is 13.0. The molecule has 8 heteroatoms. The number of anilines is 1. The molecule has 152 valence electrons. The number of amides is 1. The molecular formula is C20H26FN3O3S. The molecule has 1 unspecified atom stereocenters. The molecule has 1 N–H and O–H groups in total. The van der Waals surface area contributed by atoms with E-state index >= 15 is 0 Å². The first kappa shape index (κ1) is 21.8. The van der Waals surface area contributed by atoms with Gasteiger partial charge < -0.3 is 5.32 Å². The van der Waals surface area contributed by atoms with Crippen LogP contribution in [-0.4, -0.2) is 39.3 Å². The summed E-state index contributed by atoms with van der Waals surface area (Å²) in [5.74, 6) is -1.25. The van der Waals surface area contributed by atoms with Crippen molar-refractivity contribution < 1.29 is 17.6 Å². The highest BCUT2D eigenvalue weighted by molar-refractivity contribution is 7.90. The second-order valence-electron chi connectivity index (χ2n) is 6.90. The molecule has 2 aromatic carbocycles. The van der Waals surface area contributed by atoms with E-state index in [0.717, 1.165) is 31.4 Å². The third kappa shape index (κ3) is 4.88. The van der Waals surface area contributed by atoms with Gasteiger partial charge in [-0.25, -0.2) is 8.70 Å². The van der Waals surface area contributed by atoms with Crippen molar-refractivity contribution in [3.05, 3.63) is 65.0 Å². The largest absolute Gasteiger partial charge is 0.348 e. The van der Waals surface area contributed by atoms with Crippen LogP contribution in [0, 0.1) is 19.7 Å². The molecule has 0 spiro atoms. The Balaban J connectivity index is 2.27.